The van der Waals surface area contributed by atoms with Crippen LogP contribution in [0, 0.1) is 6.92 Å². The van der Waals surface area contributed by atoms with E-state index in [4.69, 9.17) is 4.74 Å². The SMILES string of the molecule is CCOc1c(Br)cc(CNCc2ccnc(C)n2)cc1Br. The van der Waals surface area contributed by atoms with E-state index in [1.807, 2.05) is 19.9 Å². The summed E-state index contributed by atoms with van der Waals surface area (Å²) in [6.07, 6.45) is 1.78. The summed E-state index contributed by atoms with van der Waals surface area (Å²) in [5, 5.41) is 3.38. The second-order valence-electron chi connectivity index (χ2n) is 4.52. The highest BCUT2D eigenvalue weighted by atomic mass is 79.9. The Morgan fingerprint density at radius 1 is 1.19 bits per heavy atom. The van der Waals surface area contributed by atoms with Gasteiger partial charge in [0.05, 0.1) is 21.2 Å². The molecule has 6 heteroatoms. The highest BCUT2D eigenvalue weighted by Crippen LogP contribution is 2.34. The fraction of sp³-hybridized carbons (Fsp3) is 0.333. The topological polar surface area (TPSA) is 47.0 Å². The largest absolute Gasteiger partial charge is 0.492 e. The van der Waals surface area contributed by atoms with E-state index in [0.29, 0.717) is 13.2 Å². The van der Waals surface area contributed by atoms with Gasteiger partial charge in [-0.2, -0.15) is 0 Å². The molecule has 2 rings (SSSR count). The van der Waals surface area contributed by atoms with Gasteiger partial charge in [0.2, 0.25) is 0 Å². The molecule has 0 radical (unpaired) electrons. The maximum atomic E-state index is 5.58. The highest BCUT2D eigenvalue weighted by Gasteiger charge is 2.08. The molecule has 0 aliphatic carbocycles. The number of hydrogen-bond donors (Lipinski definition) is 1. The van der Waals surface area contributed by atoms with Crippen LogP contribution in [0.1, 0.15) is 24.0 Å². The number of hydrogen-bond acceptors (Lipinski definition) is 4. The van der Waals surface area contributed by atoms with Gasteiger partial charge in [-0.15, -0.1) is 0 Å². The molecule has 112 valence electrons. The molecule has 21 heavy (non-hydrogen) atoms. The van der Waals surface area contributed by atoms with Crippen LogP contribution in [0.2, 0.25) is 0 Å². The van der Waals surface area contributed by atoms with Crippen molar-refractivity contribution < 1.29 is 4.74 Å². The van der Waals surface area contributed by atoms with Crippen LogP contribution in [0.15, 0.2) is 33.3 Å². The molecule has 0 amide bonds. The number of aromatic nitrogens is 2. The molecule has 0 unspecified atom stereocenters. The molecule has 0 aliphatic heterocycles. The van der Waals surface area contributed by atoms with Crippen molar-refractivity contribution in [2.24, 2.45) is 0 Å². The van der Waals surface area contributed by atoms with Crippen molar-refractivity contribution in [1.82, 2.24) is 15.3 Å². The summed E-state index contributed by atoms with van der Waals surface area (Å²) in [5.74, 6) is 1.63. The Kier molecular flexibility index (Phi) is 6.14. The number of benzene rings is 1. The van der Waals surface area contributed by atoms with Crippen LogP contribution in [0.5, 0.6) is 5.75 Å². The van der Waals surface area contributed by atoms with Gasteiger partial charge in [0.15, 0.2) is 0 Å². The first-order chi connectivity index (χ1) is 10.1. The standard InChI is InChI=1S/C15H17Br2N3O/c1-3-21-15-13(16)6-11(7-14(15)17)8-18-9-12-4-5-19-10(2)20-12/h4-7,18H,3,8-9H2,1-2H3. The number of halogens is 2. The Morgan fingerprint density at radius 3 is 2.52 bits per heavy atom. The van der Waals surface area contributed by atoms with E-state index >= 15 is 0 Å². The van der Waals surface area contributed by atoms with Gasteiger partial charge in [0.1, 0.15) is 11.6 Å². The molecule has 1 aromatic heterocycles. The van der Waals surface area contributed by atoms with E-state index in [1.54, 1.807) is 6.20 Å². The third-order valence-electron chi connectivity index (χ3n) is 2.82. The molecular formula is C15H17Br2N3O. The number of ether oxygens (including phenoxy) is 1. The highest BCUT2D eigenvalue weighted by molar-refractivity contribution is 9.11. The van der Waals surface area contributed by atoms with Crippen LogP contribution in [-0.4, -0.2) is 16.6 Å². The van der Waals surface area contributed by atoms with Gasteiger partial charge in [-0.1, -0.05) is 0 Å². The Hall–Kier alpha value is -0.980. The monoisotopic (exact) mass is 413 g/mol. The van der Waals surface area contributed by atoms with Crippen molar-refractivity contribution >= 4 is 31.9 Å². The molecule has 0 saturated heterocycles. The minimum atomic E-state index is 0.641. The molecule has 2 aromatic rings. The van der Waals surface area contributed by atoms with Gasteiger partial charge in [-0.05, 0) is 69.5 Å². The molecule has 0 atom stereocenters. The Bertz CT molecular complexity index is 597. The summed E-state index contributed by atoms with van der Waals surface area (Å²) in [5.41, 5.74) is 2.16. The normalized spacial score (nSPS) is 10.7. The van der Waals surface area contributed by atoms with E-state index < -0.39 is 0 Å². The third kappa shape index (κ3) is 4.76. The van der Waals surface area contributed by atoms with Crippen LogP contribution in [0.4, 0.5) is 0 Å². The lowest BCUT2D eigenvalue weighted by atomic mass is 10.2. The average molecular weight is 415 g/mol. The maximum Gasteiger partial charge on any atom is 0.147 e. The van der Waals surface area contributed by atoms with Crippen LogP contribution in [-0.2, 0) is 13.1 Å². The lowest BCUT2D eigenvalue weighted by molar-refractivity contribution is 0.336. The number of rotatable bonds is 6. The Morgan fingerprint density at radius 2 is 1.90 bits per heavy atom. The van der Waals surface area contributed by atoms with Crippen LogP contribution >= 0.6 is 31.9 Å². The predicted octanol–water partition coefficient (Wildman–Crippen LogP) is 4.00. The quantitative estimate of drug-likeness (QED) is 0.775. The van der Waals surface area contributed by atoms with Crippen LogP contribution < -0.4 is 10.1 Å². The van der Waals surface area contributed by atoms with Gasteiger partial charge >= 0.3 is 0 Å². The second kappa shape index (κ2) is 7.87. The number of nitrogens with zero attached hydrogens (tertiary/aromatic N) is 2. The number of aryl methyl sites for hydroxylation is 1. The molecule has 1 N–H and O–H groups in total. The maximum absolute atomic E-state index is 5.58. The lowest BCUT2D eigenvalue weighted by Gasteiger charge is -2.11. The van der Waals surface area contributed by atoms with Crippen molar-refractivity contribution in [2.45, 2.75) is 26.9 Å². The predicted molar refractivity (Wildman–Crippen MR) is 90.3 cm³/mol. The zero-order chi connectivity index (χ0) is 15.2. The van der Waals surface area contributed by atoms with Gasteiger partial charge in [0.25, 0.3) is 0 Å². The minimum Gasteiger partial charge on any atom is -0.492 e. The summed E-state index contributed by atoms with van der Waals surface area (Å²) in [6.45, 7) is 5.97. The summed E-state index contributed by atoms with van der Waals surface area (Å²) < 4.78 is 7.48. The minimum absolute atomic E-state index is 0.641. The molecule has 1 heterocycles. The van der Waals surface area contributed by atoms with E-state index in [9.17, 15) is 0 Å². The third-order valence-corrected chi connectivity index (χ3v) is 3.99. The van der Waals surface area contributed by atoms with Crippen molar-refractivity contribution in [3.8, 4) is 5.75 Å². The molecule has 1 aromatic carbocycles. The van der Waals surface area contributed by atoms with E-state index in [1.165, 1.54) is 5.56 Å². The fourth-order valence-electron chi connectivity index (χ4n) is 1.94. The van der Waals surface area contributed by atoms with Gasteiger partial charge in [-0.25, -0.2) is 9.97 Å². The van der Waals surface area contributed by atoms with E-state index in [2.05, 4.69) is 59.3 Å². The van der Waals surface area contributed by atoms with Crippen LogP contribution in [0.3, 0.4) is 0 Å². The summed E-state index contributed by atoms with van der Waals surface area (Å²) >= 11 is 7.08. The van der Waals surface area contributed by atoms with Crippen molar-refractivity contribution in [3.05, 3.63) is 50.4 Å². The van der Waals surface area contributed by atoms with Gasteiger partial charge < -0.3 is 10.1 Å². The van der Waals surface area contributed by atoms with Crippen molar-refractivity contribution in [3.63, 3.8) is 0 Å². The Balaban J connectivity index is 1.97. The van der Waals surface area contributed by atoms with Crippen LogP contribution in [0.25, 0.3) is 0 Å². The average Bonchev–Trinajstić information content (AvgIpc) is 2.43. The van der Waals surface area contributed by atoms with Gasteiger partial charge in [-0.3, -0.25) is 0 Å². The van der Waals surface area contributed by atoms with E-state index in [0.717, 1.165) is 32.8 Å². The zero-order valence-electron chi connectivity index (χ0n) is 12.0. The molecule has 4 nitrogen and oxygen atoms in total. The van der Waals surface area contributed by atoms with Crippen molar-refractivity contribution in [2.75, 3.05) is 6.61 Å². The Labute approximate surface area is 141 Å². The smallest absolute Gasteiger partial charge is 0.147 e. The molecule has 0 aliphatic rings. The van der Waals surface area contributed by atoms with Crippen molar-refractivity contribution in [1.29, 1.82) is 0 Å². The first-order valence-corrected chi connectivity index (χ1v) is 8.28. The molecule has 0 fully saturated rings. The summed E-state index contributed by atoms with van der Waals surface area (Å²) in [6, 6.07) is 6.05. The van der Waals surface area contributed by atoms with Gasteiger partial charge in [0, 0.05) is 19.3 Å². The summed E-state index contributed by atoms with van der Waals surface area (Å²) in [4.78, 5) is 8.46. The fourth-order valence-corrected chi connectivity index (χ4v) is 3.45. The molecule has 0 bridgehead atoms. The first-order valence-electron chi connectivity index (χ1n) is 6.70. The lowest BCUT2D eigenvalue weighted by Crippen LogP contribution is -2.14. The number of nitrogens with one attached hydrogen (secondary N) is 1. The molecular weight excluding hydrogens is 398 g/mol. The molecule has 0 saturated carbocycles. The summed E-state index contributed by atoms with van der Waals surface area (Å²) in [7, 11) is 0. The first kappa shape index (κ1) is 16.4. The zero-order valence-corrected chi connectivity index (χ0v) is 15.2. The van der Waals surface area contributed by atoms with E-state index in [-0.39, 0.29) is 0 Å². The second-order valence-corrected chi connectivity index (χ2v) is 6.23. The molecule has 0 spiro atoms.